The minimum Gasteiger partial charge on any atom is -0.368 e. The summed E-state index contributed by atoms with van der Waals surface area (Å²) >= 11 is 0. The van der Waals surface area contributed by atoms with E-state index in [1.165, 1.54) is 6.21 Å². The molecule has 1 aromatic carbocycles. The van der Waals surface area contributed by atoms with Crippen LogP contribution in [0.25, 0.3) is 0 Å². The summed E-state index contributed by atoms with van der Waals surface area (Å²) < 4.78 is 0. The molecule has 0 aliphatic carbocycles. The largest absolute Gasteiger partial charge is 0.368 e. The van der Waals surface area contributed by atoms with Crippen molar-refractivity contribution in [3.05, 3.63) is 35.4 Å². The summed E-state index contributed by atoms with van der Waals surface area (Å²) in [7, 11) is 0. The van der Waals surface area contributed by atoms with Crippen molar-refractivity contribution in [1.82, 2.24) is 10.2 Å². The number of primary amides is 1. The molecule has 1 aromatic rings. The topological polar surface area (TPSA) is 114 Å². The van der Waals surface area contributed by atoms with Gasteiger partial charge in [-0.1, -0.05) is 12.1 Å². The molecule has 5 N–H and O–H groups in total. The maximum absolute atomic E-state index is 12.0. The second-order valence-corrected chi connectivity index (χ2v) is 5.96. The first-order valence-corrected chi connectivity index (χ1v) is 8.26. The van der Waals surface area contributed by atoms with Crippen molar-refractivity contribution in [3.63, 3.8) is 0 Å². The Bertz CT molecular complexity index is 585. The van der Waals surface area contributed by atoms with E-state index < -0.39 is 0 Å². The number of likely N-dealkylation sites (tertiary alicyclic amines) is 1. The van der Waals surface area contributed by atoms with Gasteiger partial charge >= 0.3 is 0 Å². The molecule has 0 radical (unpaired) electrons. The molecule has 1 aliphatic rings. The lowest BCUT2D eigenvalue weighted by Gasteiger charge is -2.21. The van der Waals surface area contributed by atoms with E-state index in [4.69, 9.17) is 11.6 Å². The Kier molecular flexibility index (Phi) is 6.74. The van der Waals surface area contributed by atoms with Gasteiger partial charge in [0.2, 0.25) is 5.91 Å². The first-order chi connectivity index (χ1) is 11.6. The van der Waals surface area contributed by atoms with Crippen LogP contribution in [0.1, 0.15) is 41.6 Å². The third-order valence-electron chi connectivity index (χ3n) is 4.25. The van der Waals surface area contributed by atoms with Gasteiger partial charge in [-0.3, -0.25) is 14.5 Å². The third-order valence-corrected chi connectivity index (χ3v) is 4.25. The van der Waals surface area contributed by atoms with Crippen LogP contribution >= 0.6 is 0 Å². The molecule has 1 aliphatic heterocycles. The Morgan fingerprint density at radius 1 is 1.29 bits per heavy atom. The van der Waals surface area contributed by atoms with E-state index in [-0.39, 0.29) is 17.9 Å². The molecule has 0 spiro atoms. The van der Waals surface area contributed by atoms with Gasteiger partial charge in [0.05, 0.1) is 12.3 Å². The molecule has 0 aromatic heterocycles. The van der Waals surface area contributed by atoms with E-state index in [1.54, 1.807) is 24.3 Å². The van der Waals surface area contributed by atoms with Crippen molar-refractivity contribution in [1.29, 1.82) is 0 Å². The van der Waals surface area contributed by atoms with Crippen LogP contribution in [0.15, 0.2) is 29.4 Å². The number of hydrogen-bond acceptors (Lipinski definition) is 5. The molecule has 1 atom stereocenters. The smallest absolute Gasteiger partial charge is 0.251 e. The fourth-order valence-corrected chi connectivity index (χ4v) is 2.97. The molecular weight excluding hydrogens is 306 g/mol. The van der Waals surface area contributed by atoms with Crippen molar-refractivity contribution < 1.29 is 9.59 Å². The second-order valence-electron chi connectivity index (χ2n) is 5.96. The van der Waals surface area contributed by atoms with Gasteiger partial charge in [-0.05, 0) is 56.5 Å². The minimum atomic E-state index is -0.232. The highest BCUT2D eigenvalue weighted by molar-refractivity contribution is 5.95. The number of hydrazone groups is 1. The molecule has 0 bridgehead atoms. The van der Waals surface area contributed by atoms with Gasteiger partial charge in [0, 0.05) is 12.1 Å². The number of unbranched alkanes of at least 4 members (excludes halogenated alkanes) is 1. The normalized spacial score (nSPS) is 18.1. The van der Waals surface area contributed by atoms with Crippen LogP contribution in [0.4, 0.5) is 0 Å². The van der Waals surface area contributed by atoms with Crippen LogP contribution in [0.2, 0.25) is 0 Å². The van der Waals surface area contributed by atoms with Crippen molar-refractivity contribution in [3.8, 4) is 0 Å². The number of benzene rings is 1. The summed E-state index contributed by atoms with van der Waals surface area (Å²) in [5, 5.41) is 6.34. The average Bonchev–Trinajstić information content (AvgIpc) is 3.04. The molecule has 7 heteroatoms. The molecule has 0 saturated carbocycles. The summed E-state index contributed by atoms with van der Waals surface area (Å²) in [6.45, 7) is 2.38. The van der Waals surface area contributed by atoms with Crippen molar-refractivity contribution in [2.75, 3.05) is 19.6 Å². The van der Waals surface area contributed by atoms with E-state index in [1.807, 2.05) is 0 Å². The minimum absolute atomic E-state index is 0.0950. The fraction of sp³-hybridized carbons (Fsp3) is 0.471. The Morgan fingerprint density at radius 2 is 2.04 bits per heavy atom. The van der Waals surface area contributed by atoms with Crippen LogP contribution in [-0.2, 0) is 4.79 Å². The highest BCUT2D eigenvalue weighted by Crippen LogP contribution is 2.17. The number of nitrogens with zero attached hydrogens (tertiary/aromatic N) is 2. The molecule has 2 amide bonds. The van der Waals surface area contributed by atoms with E-state index in [0.717, 1.165) is 44.3 Å². The first-order valence-electron chi connectivity index (χ1n) is 8.26. The Balaban J connectivity index is 1.66. The van der Waals surface area contributed by atoms with E-state index in [2.05, 4.69) is 15.3 Å². The molecule has 130 valence electrons. The lowest BCUT2D eigenvalue weighted by Crippen LogP contribution is -2.40. The summed E-state index contributed by atoms with van der Waals surface area (Å²) in [5.41, 5.74) is 6.86. The van der Waals surface area contributed by atoms with E-state index in [0.29, 0.717) is 12.1 Å². The monoisotopic (exact) mass is 331 g/mol. The fourth-order valence-electron chi connectivity index (χ4n) is 2.97. The lowest BCUT2D eigenvalue weighted by atomic mass is 10.1. The highest BCUT2D eigenvalue weighted by Gasteiger charge is 2.27. The SMILES string of the molecule is NN=Cc1ccc(C(=O)NCCCCN2CCC[C@H]2C(N)=O)cc1. The van der Waals surface area contributed by atoms with Crippen molar-refractivity contribution in [2.45, 2.75) is 31.7 Å². The van der Waals surface area contributed by atoms with Crippen LogP contribution in [0, 0.1) is 0 Å². The van der Waals surface area contributed by atoms with Gasteiger partial charge in [-0.15, -0.1) is 0 Å². The van der Waals surface area contributed by atoms with Crippen LogP contribution in [0.5, 0.6) is 0 Å². The first kappa shape index (κ1) is 17.9. The predicted octanol–water partition coefficient (Wildman–Crippen LogP) is 0.439. The number of amides is 2. The molecule has 1 heterocycles. The van der Waals surface area contributed by atoms with Gasteiger partial charge in [-0.2, -0.15) is 5.10 Å². The standard InChI is InChI=1S/C17H25N5O2/c18-16(23)15-4-3-11-22(15)10-2-1-9-20-17(24)14-7-5-13(6-8-14)12-21-19/h5-8,12,15H,1-4,9-11,19H2,(H2,18,23)(H,20,24)/t15-/m0/s1. The summed E-state index contributed by atoms with van der Waals surface area (Å²) in [4.78, 5) is 25.5. The number of hydrogen-bond donors (Lipinski definition) is 3. The zero-order valence-electron chi connectivity index (χ0n) is 13.8. The number of nitrogens with two attached hydrogens (primary N) is 2. The molecule has 1 saturated heterocycles. The zero-order chi connectivity index (χ0) is 17.4. The van der Waals surface area contributed by atoms with Gasteiger partial charge in [0.25, 0.3) is 5.91 Å². The second kappa shape index (κ2) is 9.02. The van der Waals surface area contributed by atoms with Crippen molar-refractivity contribution >= 4 is 18.0 Å². The molecular formula is C17H25N5O2. The highest BCUT2D eigenvalue weighted by atomic mass is 16.2. The molecule has 1 fully saturated rings. The summed E-state index contributed by atoms with van der Waals surface area (Å²) in [5.74, 6) is 4.76. The zero-order valence-corrected chi connectivity index (χ0v) is 13.8. The van der Waals surface area contributed by atoms with E-state index >= 15 is 0 Å². The maximum atomic E-state index is 12.0. The Labute approximate surface area is 142 Å². The van der Waals surface area contributed by atoms with Gasteiger partial charge in [-0.25, -0.2) is 0 Å². The van der Waals surface area contributed by atoms with Gasteiger partial charge < -0.3 is 16.9 Å². The van der Waals surface area contributed by atoms with Crippen LogP contribution in [-0.4, -0.2) is 48.6 Å². The van der Waals surface area contributed by atoms with Gasteiger partial charge in [0.15, 0.2) is 0 Å². The van der Waals surface area contributed by atoms with Gasteiger partial charge in [0.1, 0.15) is 0 Å². The predicted molar refractivity (Wildman–Crippen MR) is 93.6 cm³/mol. The summed E-state index contributed by atoms with van der Waals surface area (Å²) in [6.07, 6.45) is 5.20. The molecule has 7 nitrogen and oxygen atoms in total. The third kappa shape index (κ3) is 5.06. The quantitative estimate of drug-likeness (QED) is 0.277. The number of nitrogens with one attached hydrogen (secondary N) is 1. The average molecular weight is 331 g/mol. The maximum Gasteiger partial charge on any atom is 0.251 e. The van der Waals surface area contributed by atoms with Crippen LogP contribution in [0.3, 0.4) is 0 Å². The van der Waals surface area contributed by atoms with Crippen LogP contribution < -0.4 is 16.9 Å². The van der Waals surface area contributed by atoms with E-state index in [9.17, 15) is 9.59 Å². The molecule has 2 rings (SSSR count). The molecule has 0 unspecified atom stereocenters. The Morgan fingerprint density at radius 3 is 2.71 bits per heavy atom. The summed E-state index contributed by atoms with van der Waals surface area (Å²) in [6, 6.07) is 6.96. The lowest BCUT2D eigenvalue weighted by molar-refractivity contribution is -0.122. The molecule has 24 heavy (non-hydrogen) atoms. The number of carbonyl (C=O) groups excluding carboxylic acids is 2. The Hall–Kier alpha value is -2.41. The number of carbonyl (C=O) groups is 2. The number of rotatable bonds is 8. The van der Waals surface area contributed by atoms with Crippen molar-refractivity contribution in [2.24, 2.45) is 16.7 Å².